The van der Waals surface area contributed by atoms with Crippen molar-refractivity contribution in [2.24, 2.45) is 11.5 Å². The fraction of sp³-hybridized carbons (Fsp3) is 0.300. The average molecular weight is 292 g/mol. The molecule has 1 atom stereocenters. The van der Waals surface area contributed by atoms with E-state index in [-0.39, 0.29) is 16.5 Å². The van der Waals surface area contributed by atoms with Crippen LogP contribution in [0.2, 0.25) is 5.02 Å². The number of hydrogen-bond acceptors (Lipinski definition) is 4. The van der Waals surface area contributed by atoms with E-state index in [1.54, 1.807) is 0 Å². The van der Waals surface area contributed by atoms with Crippen LogP contribution in [0.3, 0.4) is 0 Å². The van der Waals surface area contributed by atoms with Crippen molar-refractivity contribution in [2.75, 3.05) is 0 Å². The monoisotopic (exact) mass is 291 g/mol. The van der Waals surface area contributed by atoms with Gasteiger partial charge >= 0.3 is 0 Å². The van der Waals surface area contributed by atoms with E-state index in [9.17, 15) is 13.2 Å². The van der Waals surface area contributed by atoms with Gasteiger partial charge in [-0.3, -0.25) is 4.79 Å². The second kappa shape index (κ2) is 5.66. The van der Waals surface area contributed by atoms with Crippen LogP contribution in [0.5, 0.6) is 0 Å². The van der Waals surface area contributed by atoms with Crippen LogP contribution in [0, 0.1) is 0 Å². The lowest BCUT2D eigenvalue weighted by Gasteiger charge is -2.12. The average Bonchev–Trinajstić information content (AvgIpc) is 2.28. The molecule has 1 rings (SSSR count). The summed E-state index contributed by atoms with van der Waals surface area (Å²) in [6.45, 7) is 1.57. The molecule has 0 aliphatic carbocycles. The summed E-state index contributed by atoms with van der Waals surface area (Å²) in [5.41, 5.74) is 11.0. The first-order valence-electron chi connectivity index (χ1n) is 5.08. The number of benzene rings is 1. The van der Waals surface area contributed by atoms with Gasteiger partial charge in [0.15, 0.2) is 0 Å². The fourth-order valence-electron chi connectivity index (χ4n) is 1.22. The summed E-state index contributed by atoms with van der Waals surface area (Å²) in [6.07, 6.45) is 0. The number of sulfonamides is 1. The van der Waals surface area contributed by atoms with E-state index in [1.165, 1.54) is 25.1 Å². The lowest BCUT2D eigenvalue weighted by atomic mass is 10.2. The summed E-state index contributed by atoms with van der Waals surface area (Å²) < 4.78 is 25.9. The third-order valence-electron chi connectivity index (χ3n) is 2.31. The quantitative estimate of drug-likeness (QED) is 0.705. The number of rotatable bonds is 5. The fourth-order valence-corrected chi connectivity index (χ4v) is 2.78. The first-order chi connectivity index (χ1) is 8.27. The molecule has 0 heterocycles. The maximum Gasteiger partial charge on any atom is 0.241 e. The van der Waals surface area contributed by atoms with Crippen LogP contribution in [-0.2, 0) is 21.4 Å². The summed E-state index contributed by atoms with van der Waals surface area (Å²) in [5.74, 6) is -0.761. The van der Waals surface area contributed by atoms with Crippen molar-refractivity contribution < 1.29 is 13.2 Å². The molecule has 0 radical (unpaired) electrons. The minimum Gasteiger partial charge on any atom is -0.368 e. The first kappa shape index (κ1) is 14.9. The number of nitrogens with one attached hydrogen (secondary N) is 1. The lowest BCUT2D eigenvalue weighted by molar-refractivity contribution is -0.119. The highest BCUT2D eigenvalue weighted by atomic mass is 35.5. The van der Waals surface area contributed by atoms with Gasteiger partial charge in [-0.2, -0.15) is 4.72 Å². The van der Waals surface area contributed by atoms with E-state index in [1.807, 2.05) is 0 Å². The molecule has 100 valence electrons. The van der Waals surface area contributed by atoms with Gasteiger partial charge in [0.25, 0.3) is 0 Å². The van der Waals surface area contributed by atoms with Crippen molar-refractivity contribution >= 4 is 27.5 Å². The second-order valence-corrected chi connectivity index (χ2v) is 5.82. The SMILES string of the molecule is CC(NS(=O)(=O)c1ccc(CN)c(Cl)c1)C(N)=O. The van der Waals surface area contributed by atoms with Gasteiger partial charge in [-0.25, -0.2) is 8.42 Å². The summed E-state index contributed by atoms with van der Waals surface area (Å²) in [5, 5.41) is 0.257. The molecular formula is C10H14ClN3O3S. The van der Waals surface area contributed by atoms with Crippen LogP contribution in [0.1, 0.15) is 12.5 Å². The predicted molar refractivity (Wildman–Crippen MR) is 68.3 cm³/mol. The van der Waals surface area contributed by atoms with Gasteiger partial charge in [0.05, 0.1) is 10.9 Å². The number of halogens is 1. The van der Waals surface area contributed by atoms with Gasteiger partial charge in [-0.15, -0.1) is 0 Å². The predicted octanol–water partition coefficient (Wildman–Crippen LogP) is -0.0492. The van der Waals surface area contributed by atoms with Crippen molar-refractivity contribution in [3.8, 4) is 0 Å². The zero-order valence-electron chi connectivity index (χ0n) is 9.68. The minimum atomic E-state index is -3.83. The molecule has 0 aliphatic heterocycles. The number of primary amides is 1. The van der Waals surface area contributed by atoms with Crippen LogP contribution in [0.15, 0.2) is 23.1 Å². The van der Waals surface area contributed by atoms with Gasteiger partial charge in [0.2, 0.25) is 15.9 Å². The molecule has 0 saturated carbocycles. The molecule has 0 saturated heterocycles. The van der Waals surface area contributed by atoms with Crippen LogP contribution < -0.4 is 16.2 Å². The number of carbonyl (C=O) groups is 1. The molecule has 5 N–H and O–H groups in total. The summed E-state index contributed by atoms with van der Waals surface area (Å²) in [6, 6.07) is 3.17. The number of amides is 1. The summed E-state index contributed by atoms with van der Waals surface area (Å²) >= 11 is 5.87. The molecule has 1 aromatic carbocycles. The van der Waals surface area contributed by atoms with E-state index >= 15 is 0 Å². The molecule has 0 aliphatic rings. The van der Waals surface area contributed by atoms with Gasteiger partial charge in [0.1, 0.15) is 0 Å². The van der Waals surface area contributed by atoms with E-state index in [0.717, 1.165) is 0 Å². The Morgan fingerprint density at radius 3 is 2.56 bits per heavy atom. The molecule has 0 aromatic heterocycles. The van der Waals surface area contributed by atoms with Gasteiger partial charge < -0.3 is 11.5 Å². The smallest absolute Gasteiger partial charge is 0.241 e. The Bertz CT molecular complexity index is 559. The van der Waals surface area contributed by atoms with Crippen molar-refractivity contribution in [3.63, 3.8) is 0 Å². The highest BCUT2D eigenvalue weighted by Gasteiger charge is 2.20. The number of carbonyl (C=O) groups excluding carboxylic acids is 1. The summed E-state index contributed by atoms with van der Waals surface area (Å²) in [7, 11) is -3.83. The highest BCUT2D eigenvalue weighted by molar-refractivity contribution is 7.89. The molecule has 18 heavy (non-hydrogen) atoms. The van der Waals surface area contributed by atoms with Gasteiger partial charge in [0, 0.05) is 11.6 Å². The van der Waals surface area contributed by atoms with E-state index in [0.29, 0.717) is 5.56 Å². The van der Waals surface area contributed by atoms with E-state index < -0.39 is 22.0 Å². The number of nitrogens with two attached hydrogens (primary N) is 2. The third-order valence-corrected chi connectivity index (χ3v) is 4.20. The number of hydrogen-bond donors (Lipinski definition) is 3. The Morgan fingerprint density at radius 2 is 2.11 bits per heavy atom. The summed E-state index contributed by atoms with van der Waals surface area (Å²) in [4.78, 5) is 10.8. The molecule has 1 aromatic rings. The molecule has 0 spiro atoms. The maximum atomic E-state index is 11.9. The Morgan fingerprint density at radius 1 is 1.50 bits per heavy atom. The van der Waals surface area contributed by atoms with E-state index in [2.05, 4.69) is 4.72 Å². The highest BCUT2D eigenvalue weighted by Crippen LogP contribution is 2.20. The zero-order valence-corrected chi connectivity index (χ0v) is 11.3. The van der Waals surface area contributed by atoms with Crippen molar-refractivity contribution in [1.29, 1.82) is 0 Å². The van der Waals surface area contributed by atoms with Crippen LogP contribution in [-0.4, -0.2) is 20.4 Å². The largest absolute Gasteiger partial charge is 0.368 e. The van der Waals surface area contributed by atoms with Crippen molar-refractivity contribution in [2.45, 2.75) is 24.4 Å². The maximum absolute atomic E-state index is 11.9. The molecule has 1 amide bonds. The Kier molecular flexibility index (Phi) is 4.69. The Labute approximate surface area is 110 Å². The minimum absolute atomic E-state index is 0.0437. The zero-order chi connectivity index (χ0) is 13.9. The van der Waals surface area contributed by atoms with Crippen LogP contribution in [0.4, 0.5) is 0 Å². The van der Waals surface area contributed by atoms with Gasteiger partial charge in [-0.05, 0) is 24.6 Å². The lowest BCUT2D eigenvalue weighted by Crippen LogP contribution is -2.42. The van der Waals surface area contributed by atoms with Crippen molar-refractivity contribution in [1.82, 2.24) is 4.72 Å². The van der Waals surface area contributed by atoms with Crippen LogP contribution in [0.25, 0.3) is 0 Å². The normalized spacial score (nSPS) is 13.3. The molecule has 0 bridgehead atoms. The standard InChI is InChI=1S/C10H14ClN3O3S/c1-6(10(13)15)14-18(16,17)8-3-2-7(5-12)9(11)4-8/h2-4,6,14H,5,12H2,1H3,(H2,13,15). The van der Waals surface area contributed by atoms with Gasteiger partial charge in [-0.1, -0.05) is 17.7 Å². The van der Waals surface area contributed by atoms with E-state index in [4.69, 9.17) is 23.1 Å². The molecule has 8 heteroatoms. The molecular weight excluding hydrogens is 278 g/mol. The first-order valence-corrected chi connectivity index (χ1v) is 6.94. The Balaban J connectivity index is 3.06. The Hall–Kier alpha value is -1.15. The van der Waals surface area contributed by atoms with Crippen molar-refractivity contribution in [3.05, 3.63) is 28.8 Å². The molecule has 0 fully saturated rings. The van der Waals surface area contributed by atoms with Crippen LogP contribution >= 0.6 is 11.6 Å². The molecule has 1 unspecified atom stereocenters. The topological polar surface area (TPSA) is 115 Å². The third kappa shape index (κ3) is 3.42. The molecule has 6 nitrogen and oxygen atoms in total. The second-order valence-electron chi connectivity index (χ2n) is 3.70.